The van der Waals surface area contributed by atoms with E-state index >= 15 is 0 Å². The molecule has 1 aromatic heterocycles. The Hall–Kier alpha value is -2.42. The molecule has 0 spiro atoms. The van der Waals surface area contributed by atoms with Crippen LogP contribution in [0.15, 0.2) is 10.5 Å². The molecular formula is C13H16N2O4. The van der Waals surface area contributed by atoms with Gasteiger partial charge in [0.05, 0.1) is 12.1 Å². The fourth-order valence-electron chi connectivity index (χ4n) is 1.37. The van der Waals surface area contributed by atoms with E-state index in [-0.39, 0.29) is 12.1 Å². The maximum atomic E-state index is 11.5. The quantitative estimate of drug-likeness (QED) is 0.718. The van der Waals surface area contributed by atoms with Crippen molar-refractivity contribution in [3.8, 4) is 12.3 Å². The summed E-state index contributed by atoms with van der Waals surface area (Å²) in [6.07, 6.45) is 5.24. The van der Waals surface area contributed by atoms with Crippen LogP contribution in [0.25, 0.3) is 0 Å². The van der Waals surface area contributed by atoms with Crippen molar-refractivity contribution in [2.45, 2.75) is 32.9 Å². The number of carbonyl (C=O) groups is 2. The second-order valence-electron chi connectivity index (χ2n) is 4.56. The third-order valence-corrected chi connectivity index (χ3v) is 2.41. The van der Waals surface area contributed by atoms with Crippen LogP contribution in [0.5, 0.6) is 0 Å². The molecule has 1 aromatic rings. The standard InChI is InChI=1S/C13H16N2O4/c1-5-13(3,4)15-12(18)14-7-9-6-10(11(16)17)8(2)19-9/h1,6H,7H2,2-4H3,(H,16,17)(H2,14,15,18). The maximum Gasteiger partial charge on any atom is 0.339 e. The zero-order valence-corrected chi connectivity index (χ0v) is 11.0. The van der Waals surface area contributed by atoms with Crippen molar-refractivity contribution in [3.63, 3.8) is 0 Å². The number of rotatable bonds is 4. The molecule has 0 aliphatic heterocycles. The second-order valence-corrected chi connectivity index (χ2v) is 4.56. The molecule has 1 heterocycles. The van der Waals surface area contributed by atoms with E-state index in [0.717, 1.165) is 0 Å². The molecule has 0 radical (unpaired) electrons. The number of carboxylic acids is 1. The molecule has 0 bridgehead atoms. The Labute approximate surface area is 111 Å². The molecule has 0 atom stereocenters. The highest BCUT2D eigenvalue weighted by Crippen LogP contribution is 2.14. The number of terminal acetylenes is 1. The van der Waals surface area contributed by atoms with Gasteiger partial charge in [-0.15, -0.1) is 6.42 Å². The summed E-state index contributed by atoms with van der Waals surface area (Å²) in [5.74, 6) is 2.03. The summed E-state index contributed by atoms with van der Waals surface area (Å²) in [4.78, 5) is 22.4. The van der Waals surface area contributed by atoms with Crippen molar-refractivity contribution in [1.82, 2.24) is 10.6 Å². The van der Waals surface area contributed by atoms with E-state index in [0.29, 0.717) is 11.5 Å². The van der Waals surface area contributed by atoms with E-state index in [1.807, 2.05) is 0 Å². The lowest BCUT2D eigenvalue weighted by atomic mass is 10.1. The Morgan fingerprint density at radius 2 is 2.16 bits per heavy atom. The van der Waals surface area contributed by atoms with Crippen molar-refractivity contribution < 1.29 is 19.1 Å². The van der Waals surface area contributed by atoms with Crippen LogP contribution in [0.4, 0.5) is 4.79 Å². The predicted molar refractivity (Wildman–Crippen MR) is 68.7 cm³/mol. The molecule has 0 unspecified atom stereocenters. The van der Waals surface area contributed by atoms with Gasteiger partial charge in [-0.1, -0.05) is 5.92 Å². The van der Waals surface area contributed by atoms with Gasteiger partial charge in [0.25, 0.3) is 0 Å². The number of hydrogen-bond acceptors (Lipinski definition) is 3. The van der Waals surface area contributed by atoms with Gasteiger partial charge in [-0.25, -0.2) is 9.59 Å². The lowest BCUT2D eigenvalue weighted by Gasteiger charge is -2.19. The van der Waals surface area contributed by atoms with E-state index in [4.69, 9.17) is 15.9 Å². The van der Waals surface area contributed by atoms with Crippen LogP contribution in [0.2, 0.25) is 0 Å². The molecule has 0 saturated heterocycles. The van der Waals surface area contributed by atoms with Crippen molar-refractivity contribution in [3.05, 3.63) is 23.2 Å². The van der Waals surface area contributed by atoms with Gasteiger partial charge in [-0.3, -0.25) is 0 Å². The Bertz CT molecular complexity index is 537. The number of furan rings is 1. The average molecular weight is 264 g/mol. The minimum Gasteiger partial charge on any atom is -0.478 e. The smallest absolute Gasteiger partial charge is 0.339 e. The maximum absolute atomic E-state index is 11.5. The molecule has 2 amide bonds. The first kappa shape index (κ1) is 14.6. The monoisotopic (exact) mass is 264 g/mol. The topological polar surface area (TPSA) is 91.6 Å². The molecule has 0 saturated carbocycles. The van der Waals surface area contributed by atoms with Gasteiger partial charge in [0, 0.05) is 0 Å². The summed E-state index contributed by atoms with van der Waals surface area (Å²) in [6.45, 7) is 5.01. The zero-order chi connectivity index (χ0) is 14.6. The molecule has 1 rings (SSSR count). The number of carbonyl (C=O) groups excluding carboxylic acids is 1. The average Bonchev–Trinajstić information content (AvgIpc) is 2.67. The number of amides is 2. The predicted octanol–water partition coefficient (Wildman–Crippen LogP) is 1.50. The highest BCUT2D eigenvalue weighted by molar-refractivity contribution is 5.88. The molecule has 0 aromatic carbocycles. The highest BCUT2D eigenvalue weighted by Gasteiger charge is 2.18. The van der Waals surface area contributed by atoms with Crippen molar-refractivity contribution in [2.75, 3.05) is 0 Å². The van der Waals surface area contributed by atoms with E-state index in [1.54, 1.807) is 20.8 Å². The highest BCUT2D eigenvalue weighted by atomic mass is 16.4. The molecule has 6 nitrogen and oxygen atoms in total. The Morgan fingerprint density at radius 3 is 2.63 bits per heavy atom. The number of aryl methyl sites for hydroxylation is 1. The summed E-state index contributed by atoms with van der Waals surface area (Å²) in [6, 6.07) is 0.929. The fraction of sp³-hybridized carbons (Fsp3) is 0.385. The minimum atomic E-state index is -1.06. The summed E-state index contributed by atoms with van der Waals surface area (Å²) < 4.78 is 5.22. The number of aromatic carboxylic acids is 1. The van der Waals surface area contributed by atoms with Gasteiger partial charge in [0.15, 0.2) is 0 Å². The van der Waals surface area contributed by atoms with Crippen LogP contribution in [0.3, 0.4) is 0 Å². The van der Waals surface area contributed by atoms with Crippen molar-refractivity contribution in [2.24, 2.45) is 0 Å². The third kappa shape index (κ3) is 4.07. The minimum absolute atomic E-state index is 0.0839. The molecule has 3 N–H and O–H groups in total. The van der Waals surface area contributed by atoms with E-state index in [2.05, 4.69) is 16.6 Å². The van der Waals surface area contributed by atoms with Crippen molar-refractivity contribution >= 4 is 12.0 Å². The van der Waals surface area contributed by atoms with E-state index in [1.165, 1.54) is 6.07 Å². The normalized spacial score (nSPS) is 10.6. The second kappa shape index (κ2) is 5.48. The number of carboxylic acid groups (broad SMARTS) is 1. The van der Waals surface area contributed by atoms with Crippen LogP contribution >= 0.6 is 0 Å². The first-order valence-corrected chi connectivity index (χ1v) is 5.61. The number of hydrogen-bond donors (Lipinski definition) is 3. The van der Waals surface area contributed by atoms with Crippen LogP contribution in [0.1, 0.15) is 35.7 Å². The van der Waals surface area contributed by atoms with Gasteiger partial charge < -0.3 is 20.2 Å². The summed E-state index contributed by atoms with van der Waals surface area (Å²) in [7, 11) is 0. The lowest BCUT2D eigenvalue weighted by molar-refractivity contribution is 0.0695. The van der Waals surface area contributed by atoms with E-state index < -0.39 is 17.5 Å². The lowest BCUT2D eigenvalue weighted by Crippen LogP contribution is -2.47. The molecular weight excluding hydrogens is 248 g/mol. The zero-order valence-electron chi connectivity index (χ0n) is 11.0. The van der Waals surface area contributed by atoms with Crippen LogP contribution in [-0.4, -0.2) is 22.6 Å². The Balaban J connectivity index is 2.59. The summed E-state index contributed by atoms with van der Waals surface area (Å²) >= 11 is 0. The molecule has 0 aliphatic rings. The SMILES string of the molecule is C#CC(C)(C)NC(=O)NCc1cc(C(=O)O)c(C)o1. The molecule has 19 heavy (non-hydrogen) atoms. The van der Waals surface area contributed by atoms with Crippen molar-refractivity contribution in [1.29, 1.82) is 0 Å². The van der Waals surface area contributed by atoms with Crippen LogP contribution in [0, 0.1) is 19.3 Å². The third-order valence-electron chi connectivity index (χ3n) is 2.41. The molecule has 6 heteroatoms. The van der Waals surface area contributed by atoms with E-state index in [9.17, 15) is 9.59 Å². The Kier molecular flexibility index (Phi) is 4.22. The van der Waals surface area contributed by atoms with Crippen LogP contribution < -0.4 is 10.6 Å². The van der Waals surface area contributed by atoms with Gasteiger partial charge in [0.1, 0.15) is 17.1 Å². The first-order chi connectivity index (χ1) is 8.75. The van der Waals surface area contributed by atoms with Crippen LogP contribution in [-0.2, 0) is 6.54 Å². The molecule has 0 aliphatic carbocycles. The van der Waals surface area contributed by atoms with Gasteiger partial charge in [-0.2, -0.15) is 0 Å². The molecule has 0 fully saturated rings. The van der Waals surface area contributed by atoms with Gasteiger partial charge in [0.2, 0.25) is 0 Å². The van der Waals surface area contributed by atoms with Gasteiger partial charge >= 0.3 is 12.0 Å². The largest absolute Gasteiger partial charge is 0.478 e. The van der Waals surface area contributed by atoms with Gasteiger partial charge in [-0.05, 0) is 26.8 Å². The first-order valence-electron chi connectivity index (χ1n) is 5.61. The number of nitrogens with one attached hydrogen (secondary N) is 2. The fourth-order valence-corrected chi connectivity index (χ4v) is 1.37. The Morgan fingerprint density at radius 1 is 1.53 bits per heavy atom. The summed E-state index contributed by atoms with van der Waals surface area (Å²) in [5, 5.41) is 14.0. The summed E-state index contributed by atoms with van der Waals surface area (Å²) in [5.41, 5.74) is -0.670. The molecule has 102 valence electrons. The number of urea groups is 1.